The molecule has 1 aromatic heterocycles. The van der Waals surface area contributed by atoms with Crippen molar-refractivity contribution in [3.8, 4) is 0 Å². The van der Waals surface area contributed by atoms with Crippen molar-refractivity contribution in [2.75, 3.05) is 65.7 Å². The lowest BCUT2D eigenvalue weighted by molar-refractivity contribution is 0.0389. The second-order valence-corrected chi connectivity index (χ2v) is 6.56. The molecule has 0 spiro atoms. The van der Waals surface area contributed by atoms with Crippen molar-refractivity contribution in [1.82, 2.24) is 15.5 Å². The van der Waals surface area contributed by atoms with Crippen LogP contribution in [0.4, 0.5) is 0 Å². The third kappa shape index (κ3) is 6.68. The minimum absolute atomic E-state index is 0.544. The molecule has 0 bridgehead atoms. The van der Waals surface area contributed by atoms with Crippen molar-refractivity contribution in [2.45, 2.75) is 12.8 Å². The highest BCUT2D eigenvalue weighted by atomic mass is 16.5. The largest absolute Gasteiger partial charge is 0.469 e. The second kappa shape index (κ2) is 10.4. The molecular formula is C18H30N4O3. The molecular weight excluding hydrogens is 320 g/mol. The van der Waals surface area contributed by atoms with E-state index in [4.69, 9.17) is 18.9 Å². The highest BCUT2D eigenvalue weighted by molar-refractivity contribution is 5.79. The van der Waals surface area contributed by atoms with Gasteiger partial charge in [-0.05, 0) is 18.6 Å². The van der Waals surface area contributed by atoms with Crippen LogP contribution in [0.2, 0.25) is 0 Å². The van der Waals surface area contributed by atoms with Crippen LogP contribution in [0.15, 0.2) is 27.8 Å². The van der Waals surface area contributed by atoms with Gasteiger partial charge in [-0.2, -0.15) is 0 Å². The molecule has 7 heteroatoms. The standard InChI is InChI=1S/C18H30N4O3/c1-2-17(25-10-1)3-5-19-18(21-14-16-4-11-24-15-16)20-6-7-22-8-12-23-13-9-22/h1-2,10,16H,3-9,11-15H2,(H2,19,20,21). The number of ether oxygens (including phenoxy) is 2. The maximum atomic E-state index is 5.44. The number of furan rings is 1. The number of hydrogen-bond donors (Lipinski definition) is 2. The van der Waals surface area contributed by atoms with E-state index in [0.29, 0.717) is 5.92 Å². The first-order valence-electron chi connectivity index (χ1n) is 9.32. The van der Waals surface area contributed by atoms with Gasteiger partial charge in [-0.1, -0.05) is 0 Å². The third-order valence-electron chi connectivity index (χ3n) is 4.60. The van der Waals surface area contributed by atoms with Gasteiger partial charge in [-0.15, -0.1) is 0 Å². The van der Waals surface area contributed by atoms with Crippen LogP contribution in [-0.2, 0) is 15.9 Å². The van der Waals surface area contributed by atoms with E-state index in [2.05, 4.69) is 15.5 Å². The van der Waals surface area contributed by atoms with Gasteiger partial charge in [-0.3, -0.25) is 9.89 Å². The molecule has 0 aliphatic carbocycles. The quantitative estimate of drug-likeness (QED) is 0.532. The molecule has 140 valence electrons. The van der Waals surface area contributed by atoms with Gasteiger partial charge < -0.3 is 24.5 Å². The SMILES string of the molecule is c1coc(CCNC(=NCC2CCOC2)NCCN2CCOCC2)c1. The number of aliphatic imine (C=N–C) groups is 1. The Hall–Kier alpha value is -1.57. The summed E-state index contributed by atoms with van der Waals surface area (Å²) in [5, 5.41) is 6.87. The van der Waals surface area contributed by atoms with E-state index >= 15 is 0 Å². The summed E-state index contributed by atoms with van der Waals surface area (Å²) in [6, 6.07) is 3.92. The molecule has 7 nitrogen and oxygen atoms in total. The zero-order chi connectivity index (χ0) is 17.2. The molecule has 2 aliphatic heterocycles. The van der Waals surface area contributed by atoms with Crippen molar-refractivity contribution < 1.29 is 13.9 Å². The molecule has 1 atom stereocenters. The molecule has 1 aromatic rings. The molecule has 2 N–H and O–H groups in total. The maximum absolute atomic E-state index is 5.44. The maximum Gasteiger partial charge on any atom is 0.191 e. The average molecular weight is 350 g/mol. The molecule has 3 heterocycles. The van der Waals surface area contributed by atoms with E-state index in [0.717, 1.165) is 90.3 Å². The number of nitrogens with one attached hydrogen (secondary N) is 2. The van der Waals surface area contributed by atoms with Crippen LogP contribution < -0.4 is 10.6 Å². The first kappa shape index (κ1) is 18.2. The Balaban J connectivity index is 1.41. The number of guanidine groups is 1. The normalized spacial score (nSPS) is 22.2. The van der Waals surface area contributed by atoms with Gasteiger partial charge in [0.15, 0.2) is 5.96 Å². The van der Waals surface area contributed by atoms with Gasteiger partial charge in [0.25, 0.3) is 0 Å². The molecule has 2 saturated heterocycles. The summed E-state index contributed by atoms with van der Waals surface area (Å²) in [5.74, 6) is 2.42. The summed E-state index contributed by atoms with van der Waals surface area (Å²) in [4.78, 5) is 7.17. The van der Waals surface area contributed by atoms with Crippen LogP contribution >= 0.6 is 0 Å². The van der Waals surface area contributed by atoms with E-state index in [1.807, 2.05) is 12.1 Å². The van der Waals surface area contributed by atoms with Crippen molar-refractivity contribution in [3.63, 3.8) is 0 Å². The lowest BCUT2D eigenvalue weighted by atomic mass is 10.1. The Morgan fingerprint density at radius 1 is 1.16 bits per heavy atom. The Labute approximate surface area is 149 Å². The highest BCUT2D eigenvalue weighted by Gasteiger charge is 2.15. The van der Waals surface area contributed by atoms with Gasteiger partial charge in [0.05, 0.1) is 26.1 Å². The highest BCUT2D eigenvalue weighted by Crippen LogP contribution is 2.12. The summed E-state index contributed by atoms with van der Waals surface area (Å²) in [6.07, 6.45) is 3.67. The van der Waals surface area contributed by atoms with Crippen molar-refractivity contribution >= 4 is 5.96 Å². The van der Waals surface area contributed by atoms with Crippen LogP contribution in [0.5, 0.6) is 0 Å². The third-order valence-corrected chi connectivity index (χ3v) is 4.60. The van der Waals surface area contributed by atoms with Crippen LogP contribution in [0.1, 0.15) is 12.2 Å². The topological polar surface area (TPSA) is 71.3 Å². The van der Waals surface area contributed by atoms with Gasteiger partial charge in [0.2, 0.25) is 0 Å². The van der Waals surface area contributed by atoms with Crippen molar-refractivity contribution in [1.29, 1.82) is 0 Å². The summed E-state index contributed by atoms with van der Waals surface area (Å²) < 4.78 is 16.2. The zero-order valence-electron chi connectivity index (χ0n) is 14.9. The van der Waals surface area contributed by atoms with Crippen LogP contribution in [-0.4, -0.2) is 76.6 Å². The average Bonchev–Trinajstić information content (AvgIpc) is 3.34. The van der Waals surface area contributed by atoms with E-state index in [9.17, 15) is 0 Å². The number of morpholine rings is 1. The fraction of sp³-hybridized carbons (Fsp3) is 0.722. The molecule has 0 amide bonds. The number of rotatable bonds is 8. The van der Waals surface area contributed by atoms with E-state index in [-0.39, 0.29) is 0 Å². The molecule has 1 unspecified atom stereocenters. The van der Waals surface area contributed by atoms with E-state index < -0.39 is 0 Å². The van der Waals surface area contributed by atoms with E-state index in [1.54, 1.807) is 6.26 Å². The molecule has 3 rings (SSSR count). The van der Waals surface area contributed by atoms with Crippen LogP contribution in [0, 0.1) is 5.92 Å². The Morgan fingerprint density at radius 3 is 2.80 bits per heavy atom. The van der Waals surface area contributed by atoms with Crippen molar-refractivity contribution in [3.05, 3.63) is 24.2 Å². The minimum atomic E-state index is 0.544. The molecule has 25 heavy (non-hydrogen) atoms. The Bertz CT molecular complexity index is 494. The summed E-state index contributed by atoms with van der Waals surface area (Å²) in [5.41, 5.74) is 0. The summed E-state index contributed by atoms with van der Waals surface area (Å²) >= 11 is 0. The van der Waals surface area contributed by atoms with Crippen LogP contribution in [0.25, 0.3) is 0 Å². The summed E-state index contributed by atoms with van der Waals surface area (Å²) in [6.45, 7) is 8.91. The Morgan fingerprint density at radius 2 is 2.04 bits per heavy atom. The predicted octanol–water partition coefficient (Wildman–Crippen LogP) is 0.726. The lowest BCUT2D eigenvalue weighted by Crippen LogP contribution is -2.45. The lowest BCUT2D eigenvalue weighted by Gasteiger charge is -2.26. The zero-order valence-corrected chi connectivity index (χ0v) is 14.9. The van der Waals surface area contributed by atoms with Crippen LogP contribution in [0.3, 0.4) is 0 Å². The molecule has 2 fully saturated rings. The molecule has 0 saturated carbocycles. The van der Waals surface area contributed by atoms with Crippen molar-refractivity contribution in [2.24, 2.45) is 10.9 Å². The minimum Gasteiger partial charge on any atom is -0.469 e. The molecule has 0 aromatic carbocycles. The Kier molecular flexibility index (Phi) is 7.60. The van der Waals surface area contributed by atoms with E-state index in [1.165, 1.54) is 0 Å². The van der Waals surface area contributed by atoms with Gasteiger partial charge in [-0.25, -0.2) is 0 Å². The number of nitrogens with zero attached hydrogens (tertiary/aromatic N) is 2. The van der Waals surface area contributed by atoms with Gasteiger partial charge in [0.1, 0.15) is 5.76 Å². The van der Waals surface area contributed by atoms with Gasteiger partial charge in [0, 0.05) is 58.2 Å². The fourth-order valence-electron chi connectivity index (χ4n) is 3.04. The first-order valence-corrected chi connectivity index (χ1v) is 9.32. The summed E-state index contributed by atoms with van der Waals surface area (Å²) in [7, 11) is 0. The second-order valence-electron chi connectivity index (χ2n) is 6.56. The fourth-order valence-corrected chi connectivity index (χ4v) is 3.04. The number of hydrogen-bond acceptors (Lipinski definition) is 5. The molecule has 0 radical (unpaired) electrons. The monoisotopic (exact) mass is 350 g/mol. The van der Waals surface area contributed by atoms with Gasteiger partial charge >= 0.3 is 0 Å². The first-order chi connectivity index (χ1) is 12.4. The smallest absolute Gasteiger partial charge is 0.191 e. The molecule has 2 aliphatic rings. The predicted molar refractivity (Wildman–Crippen MR) is 96.9 cm³/mol.